The standard InChI is InChI=1S/C19H19Cl2N3O2/c1-12-19(26-17-8-14(20)7-15(21)9-17)18(24-23-12)11-22-10-13-3-5-16(25-2)6-4-13/h3-9,22H,10-11H2,1-2H3,(H,23,24). The number of aryl methyl sites for hydroxylation is 1. The molecule has 5 nitrogen and oxygen atoms in total. The summed E-state index contributed by atoms with van der Waals surface area (Å²) in [6.07, 6.45) is 0. The van der Waals surface area contributed by atoms with E-state index in [1.165, 1.54) is 0 Å². The lowest BCUT2D eigenvalue weighted by Gasteiger charge is -2.09. The lowest BCUT2D eigenvalue weighted by molar-refractivity contribution is 0.414. The van der Waals surface area contributed by atoms with Crippen LogP contribution in [0.1, 0.15) is 17.0 Å². The number of rotatable bonds is 7. The summed E-state index contributed by atoms with van der Waals surface area (Å²) in [7, 11) is 1.65. The van der Waals surface area contributed by atoms with Gasteiger partial charge in [-0.2, -0.15) is 5.10 Å². The quantitative estimate of drug-likeness (QED) is 0.586. The van der Waals surface area contributed by atoms with E-state index in [-0.39, 0.29) is 0 Å². The number of nitrogens with zero attached hydrogens (tertiary/aromatic N) is 1. The monoisotopic (exact) mass is 391 g/mol. The molecule has 0 atom stereocenters. The topological polar surface area (TPSA) is 59.2 Å². The fraction of sp³-hybridized carbons (Fsp3) is 0.211. The van der Waals surface area contributed by atoms with Crippen LogP contribution in [0.4, 0.5) is 0 Å². The first-order valence-electron chi connectivity index (χ1n) is 8.06. The summed E-state index contributed by atoms with van der Waals surface area (Å²) >= 11 is 12.1. The first-order valence-corrected chi connectivity index (χ1v) is 8.82. The number of nitrogens with one attached hydrogen (secondary N) is 2. The molecule has 0 aliphatic carbocycles. The molecular weight excluding hydrogens is 373 g/mol. The molecule has 0 spiro atoms. The maximum atomic E-state index is 6.03. The number of H-pyrrole nitrogens is 1. The van der Waals surface area contributed by atoms with Crippen LogP contribution in [0.5, 0.6) is 17.2 Å². The molecule has 0 aliphatic heterocycles. The number of aromatic amines is 1. The molecule has 3 rings (SSSR count). The van der Waals surface area contributed by atoms with Crippen molar-refractivity contribution in [2.45, 2.75) is 20.0 Å². The van der Waals surface area contributed by atoms with E-state index in [1.54, 1.807) is 25.3 Å². The molecule has 3 aromatic rings. The molecule has 0 aliphatic rings. The van der Waals surface area contributed by atoms with Crippen LogP contribution in [-0.4, -0.2) is 17.3 Å². The first kappa shape index (κ1) is 18.6. The number of benzene rings is 2. The molecule has 0 saturated carbocycles. The van der Waals surface area contributed by atoms with E-state index in [2.05, 4.69) is 15.5 Å². The van der Waals surface area contributed by atoms with Gasteiger partial charge in [-0.25, -0.2) is 0 Å². The number of halogens is 2. The highest BCUT2D eigenvalue weighted by Crippen LogP contribution is 2.31. The summed E-state index contributed by atoms with van der Waals surface area (Å²) in [4.78, 5) is 0. The normalized spacial score (nSPS) is 10.8. The average Bonchev–Trinajstić information content (AvgIpc) is 2.95. The van der Waals surface area contributed by atoms with Crippen LogP contribution < -0.4 is 14.8 Å². The third-order valence-corrected chi connectivity index (χ3v) is 4.23. The number of hydrogen-bond acceptors (Lipinski definition) is 4. The van der Waals surface area contributed by atoms with Crippen LogP contribution in [-0.2, 0) is 13.1 Å². The minimum atomic E-state index is 0.521. The summed E-state index contributed by atoms with van der Waals surface area (Å²) in [6.45, 7) is 3.17. The maximum absolute atomic E-state index is 6.03. The Labute approximate surface area is 162 Å². The number of aromatic nitrogens is 2. The zero-order chi connectivity index (χ0) is 18.5. The van der Waals surface area contributed by atoms with E-state index in [9.17, 15) is 0 Å². The van der Waals surface area contributed by atoms with E-state index in [0.717, 1.165) is 22.7 Å². The van der Waals surface area contributed by atoms with Gasteiger partial charge in [0.15, 0.2) is 5.75 Å². The number of ether oxygens (including phenoxy) is 2. The Kier molecular flexibility index (Phi) is 6.04. The van der Waals surface area contributed by atoms with Crippen molar-refractivity contribution >= 4 is 23.2 Å². The van der Waals surface area contributed by atoms with Crippen LogP contribution in [0.15, 0.2) is 42.5 Å². The van der Waals surface area contributed by atoms with Crippen LogP contribution in [0.25, 0.3) is 0 Å². The van der Waals surface area contributed by atoms with Crippen molar-refractivity contribution in [1.29, 1.82) is 0 Å². The fourth-order valence-electron chi connectivity index (χ4n) is 2.50. The maximum Gasteiger partial charge on any atom is 0.172 e. The molecule has 1 heterocycles. The Morgan fingerprint density at radius 3 is 2.35 bits per heavy atom. The van der Waals surface area contributed by atoms with Crippen molar-refractivity contribution in [2.75, 3.05) is 7.11 Å². The Hall–Kier alpha value is -2.21. The van der Waals surface area contributed by atoms with E-state index in [1.807, 2.05) is 31.2 Å². The Morgan fingerprint density at radius 2 is 1.69 bits per heavy atom. The zero-order valence-electron chi connectivity index (χ0n) is 14.5. The van der Waals surface area contributed by atoms with Gasteiger partial charge in [0.05, 0.1) is 12.8 Å². The van der Waals surface area contributed by atoms with Gasteiger partial charge in [0.2, 0.25) is 0 Å². The fourth-order valence-corrected chi connectivity index (χ4v) is 3.00. The van der Waals surface area contributed by atoms with Crippen molar-refractivity contribution in [3.63, 3.8) is 0 Å². The van der Waals surface area contributed by atoms with Crippen LogP contribution in [0.3, 0.4) is 0 Å². The zero-order valence-corrected chi connectivity index (χ0v) is 16.0. The van der Waals surface area contributed by atoms with E-state index in [4.69, 9.17) is 32.7 Å². The highest BCUT2D eigenvalue weighted by Gasteiger charge is 2.13. The molecule has 0 unspecified atom stereocenters. The molecule has 1 aromatic heterocycles. The highest BCUT2D eigenvalue weighted by atomic mass is 35.5. The Bertz CT molecular complexity index is 859. The summed E-state index contributed by atoms with van der Waals surface area (Å²) < 4.78 is 11.1. The summed E-state index contributed by atoms with van der Waals surface area (Å²) in [5.74, 6) is 2.08. The second kappa shape index (κ2) is 8.45. The molecule has 0 saturated heterocycles. The average molecular weight is 392 g/mol. The molecule has 0 fully saturated rings. The SMILES string of the molecule is COc1ccc(CNCc2n[nH]c(C)c2Oc2cc(Cl)cc(Cl)c2)cc1. The van der Waals surface area contributed by atoms with Gasteiger partial charge in [-0.05, 0) is 42.8 Å². The van der Waals surface area contributed by atoms with Gasteiger partial charge in [-0.1, -0.05) is 35.3 Å². The largest absolute Gasteiger partial charge is 0.497 e. The number of hydrogen-bond donors (Lipinski definition) is 2. The van der Waals surface area contributed by atoms with Gasteiger partial charge in [0.1, 0.15) is 17.2 Å². The van der Waals surface area contributed by atoms with E-state index < -0.39 is 0 Å². The molecule has 0 bridgehead atoms. The molecule has 26 heavy (non-hydrogen) atoms. The molecule has 2 aromatic carbocycles. The number of methoxy groups -OCH3 is 1. The molecule has 7 heteroatoms. The Morgan fingerprint density at radius 1 is 1.00 bits per heavy atom. The lowest BCUT2D eigenvalue weighted by Crippen LogP contribution is -2.13. The third kappa shape index (κ3) is 4.69. The lowest BCUT2D eigenvalue weighted by atomic mass is 10.2. The summed E-state index contributed by atoms with van der Waals surface area (Å²) in [5, 5.41) is 11.7. The van der Waals surface area contributed by atoms with Gasteiger partial charge in [0, 0.05) is 23.1 Å². The minimum absolute atomic E-state index is 0.521. The second-order valence-corrected chi connectivity index (χ2v) is 6.66. The summed E-state index contributed by atoms with van der Waals surface area (Å²) in [5.41, 5.74) is 2.77. The van der Waals surface area contributed by atoms with Crippen molar-refractivity contribution in [3.05, 3.63) is 69.5 Å². The predicted octanol–water partition coefficient (Wildman–Crippen LogP) is 5.12. The molecule has 0 amide bonds. The van der Waals surface area contributed by atoms with Gasteiger partial charge in [0.25, 0.3) is 0 Å². The molecule has 0 radical (unpaired) electrons. The minimum Gasteiger partial charge on any atom is -0.497 e. The van der Waals surface area contributed by atoms with Gasteiger partial charge in [-0.3, -0.25) is 5.10 Å². The predicted molar refractivity (Wildman–Crippen MR) is 103 cm³/mol. The third-order valence-electron chi connectivity index (χ3n) is 3.80. The van der Waals surface area contributed by atoms with Crippen molar-refractivity contribution in [1.82, 2.24) is 15.5 Å². The van der Waals surface area contributed by atoms with Gasteiger partial charge >= 0.3 is 0 Å². The van der Waals surface area contributed by atoms with Crippen LogP contribution >= 0.6 is 23.2 Å². The van der Waals surface area contributed by atoms with E-state index >= 15 is 0 Å². The Balaban J connectivity index is 1.65. The first-order chi connectivity index (χ1) is 12.5. The smallest absolute Gasteiger partial charge is 0.172 e. The highest BCUT2D eigenvalue weighted by molar-refractivity contribution is 6.34. The molecule has 136 valence electrons. The summed E-state index contributed by atoms with van der Waals surface area (Å²) in [6, 6.07) is 13.0. The van der Waals surface area contributed by atoms with Gasteiger partial charge < -0.3 is 14.8 Å². The van der Waals surface area contributed by atoms with Crippen molar-refractivity contribution in [3.8, 4) is 17.2 Å². The molecule has 2 N–H and O–H groups in total. The molecular formula is C19H19Cl2N3O2. The van der Waals surface area contributed by atoms with Crippen molar-refractivity contribution < 1.29 is 9.47 Å². The van der Waals surface area contributed by atoms with Crippen molar-refractivity contribution in [2.24, 2.45) is 0 Å². The van der Waals surface area contributed by atoms with Gasteiger partial charge in [-0.15, -0.1) is 0 Å². The van der Waals surface area contributed by atoms with Crippen LogP contribution in [0.2, 0.25) is 10.0 Å². The van der Waals surface area contributed by atoms with Crippen LogP contribution in [0, 0.1) is 6.92 Å². The van der Waals surface area contributed by atoms with E-state index in [0.29, 0.717) is 34.6 Å². The second-order valence-electron chi connectivity index (χ2n) is 5.78.